The Morgan fingerprint density at radius 3 is 2.00 bits per heavy atom. The molecule has 0 spiro atoms. The minimum absolute atomic E-state index is 0.0283. The van der Waals surface area contributed by atoms with Crippen LogP contribution in [0.1, 0.15) is 21.9 Å². The molecule has 0 saturated heterocycles. The van der Waals surface area contributed by atoms with Crippen LogP contribution in [0.2, 0.25) is 0 Å². The summed E-state index contributed by atoms with van der Waals surface area (Å²) in [6.07, 6.45) is 3.07. The molecule has 4 nitrogen and oxygen atoms in total. The Hall–Kier alpha value is -2.82. The number of benzene rings is 1. The standard InChI is InChI=1S/C17H14FNO3/c18-16-8-2-1-7-15(16)17(20)19(11-13-5-3-9-21-13)12-14-6-4-10-22-14/h1-10H,11-12H2. The molecular formula is C17H14FNO3. The van der Waals surface area contributed by atoms with Gasteiger partial charge in [-0.05, 0) is 36.4 Å². The summed E-state index contributed by atoms with van der Waals surface area (Å²) in [5.41, 5.74) is 0.0283. The molecule has 0 fully saturated rings. The molecule has 0 N–H and O–H groups in total. The maximum Gasteiger partial charge on any atom is 0.257 e. The van der Waals surface area contributed by atoms with Crippen LogP contribution < -0.4 is 0 Å². The molecule has 3 rings (SSSR count). The number of carbonyl (C=O) groups excluding carboxylic acids is 1. The van der Waals surface area contributed by atoms with Gasteiger partial charge in [-0.3, -0.25) is 4.79 Å². The highest BCUT2D eigenvalue weighted by Gasteiger charge is 2.21. The van der Waals surface area contributed by atoms with Crippen molar-refractivity contribution in [2.75, 3.05) is 0 Å². The van der Waals surface area contributed by atoms with Crippen molar-refractivity contribution in [1.29, 1.82) is 0 Å². The molecule has 0 bridgehead atoms. The van der Waals surface area contributed by atoms with Gasteiger partial charge in [-0.1, -0.05) is 12.1 Å². The fourth-order valence-electron chi connectivity index (χ4n) is 2.19. The lowest BCUT2D eigenvalue weighted by atomic mass is 10.1. The van der Waals surface area contributed by atoms with E-state index in [2.05, 4.69) is 0 Å². The van der Waals surface area contributed by atoms with Gasteiger partial charge >= 0.3 is 0 Å². The Balaban J connectivity index is 1.87. The quantitative estimate of drug-likeness (QED) is 0.719. The second-order valence-corrected chi connectivity index (χ2v) is 4.80. The zero-order valence-corrected chi connectivity index (χ0v) is 11.7. The molecule has 2 heterocycles. The molecule has 2 aromatic heterocycles. The largest absolute Gasteiger partial charge is 0.467 e. The summed E-state index contributed by atoms with van der Waals surface area (Å²) in [7, 11) is 0. The van der Waals surface area contributed by atoms with Gasteiger partial charge < -0.3 is 13.7 Å². The van der Waals surface area contributed by atoms with Crippen molar-refractivity contribution in [2.24, 2.45) is 0 Å². The van der Waals surface area contributed by atoms with E-state index < -0.39 is 11.7 Å². The number of furan rings is 2. The molecule has 0 aliphatic carbocycles. The molecule has 0 unspecified atom stereocenters. The van der Waals surface area contributed by atoms with Crippen LogP contribution in [0.3, 0.4) is 0 Å². The number of hydrogen-bond donors (Lipinski definition) is 0. The monoisotopic (exact) mass is 299 g/mol. The fourth-order valence-corrected chi connectivity index (χ4v) is 2.19. The smallest absolute Gasteiger partial charge is 0.257 e. The Morgan fingerprint density at radius 2 is 1.50 bits per heavy atom. The molecule has 22 heavy (non-hydrogen) atoms. The Kier molecular flexibility index (Phi) is 4.05. The number of carbonyl (C=O) groups is 1. The van der Waals surface area contributed by atoms with Gasteiger partial charge in [0.2, 0.25) is 0 Å². The maximum atomic E-state index is 13.9. The van der Waals surface area contributed by atoms with Crippen LogP contribution in [0.5, 0.6) is 0 Å². The van der Waals surface area contributed by atoms with Crippen molar-refractivity contribution in [2.45, 2.75) is 13.1 Å². The van der Waals surface area contributed by atoms with Crippen molar-refractivity contribution >= 4 is 5.91 Å². The predicted octanol–water partition coefficient (Wildman–Crippen LogP) is 3.85. The van der Waals surface area contributed by atoms with Gasteiger partial charge in [-0.2, -0.15) is 0 Å². The second-order valence-electron chi connectivity index (χ2n) is 4.80. The van der Waals surface area contributed by atoms with E-state index >= 15 is 0 Å². The van der Waals surface area contributed by atoms with E-state index in [1.807, 2.05) is 0 Å². The molecule has 3 aromatic rings. The van der Waals surface area contributed by atoms with Gasteiger partial charge in [-0.15, -0.1) is 0 Å². The first-order chi connectivity index (χ1) is 10.7. The van der Waals surface area contributed by atoms with Crippen LogP contribution >= 0.6 is 0 Å². The van der Waals surface area contributed by atoms with Crippen LogP contribution in [0.15, 0.2) is 69.9 Å². The van der Waals surface area contributed by atoms with Crippen LogP contribution in [0.25, 0.3) is 0 Å². The molecule has 112 valence electrons. The average molecular weight is 299 g/mol. The van der Waals surface area contributed by atoms with Gasteiger partial charge in [0, 0.05) is 0 Å². The van der Waals surface area contributed by atoms with Crippen LogP contribution in [-0.2, 0) is 13.1 Å². The summed E-state index contributed by atoms with van der Waals surface area (Å²) >= 11 is 0. The molecule has 0 aliphatic heterocycles. The van der Waals surface area contributed by atoms with E-state index in [1.54, 1.807) is 36.4 Å². The summed E-state index contributed by atoms with van der Waals surface area (Å²) in [5, 5.41) is 0. The third kappa shape index (κ3) is 3.09. The van der Waals surface area contributed by atoms with Crippen LogP contribution in [0, 0.1) is 5.82 Å². The minimum Gasteiger partial charge on any atom is -0.467 e. The van der Waals surface area contributed by atoms with Crippen molar-refractivity contribution in [3.8, 4) is 0 Å². The van der Waals surface area contributed by atoms with E-state index in [1.165, 1.54) is 29.6 Å². The molecule has 1 amide bonds. The number of nitrogens with zero attached hydrogens (tertiary/aromatic N) is 1. The van der Waals surface area contributed by atoms with Gasteiger partial charge in [0.25, 0.3) is 5.91 Å². The summed E-state index contributed by atoms with van der Waals surface area (Å²) in [4.78, 5) is 14.1. The molecular weight excluding hydrogens is 285 g/mol. The highest BCUT2D eigenvalue weighted by molar-refractivity contribution is 5.94. The first-order valence-electron chi connectivity index (χ1n) is 6.82. The van der Waals surface area contributed by atoms with Gasteiger partial charge in [0.05, 0.1) is 31.2 Å². The third-order valence-electron chi connectivity index (χ3n) is 3.25. The van der Waals surface area contributed by atoms with E-state index in [4.69, 9.17) is 8.83 Å². The molecule has 0 atom stereocenters. The minimum atomic E-state index is -0.545. The first kappa shape index (κ1) is 14.1. The van der Waals surface area contributed by atoms with Gasteiger partial charge in [-0.25, -0.2) is 4.39 Å². The molecule has 0 saturated carbocycles. The zero-order valence-electron chi connectivity index (χ0n) is 11.7. The van der Waals surface area contributed by atoms with Crippen molar-refractivity contribution in [3.63, 3.8) is 0 Å². The van der Waals surface area contributed by atoms with E-state index in [0.717, 1.165) is 0 Å². The molecule has 5 heteroatoms. The van der Waals surface area contributed by atoms with Gasteiger partial charge in [0.15, 0.2) is 0 Å². The van der Waals surface area contributed by atoms with E-state index in [9.17, 15) is 9.18 Å². The lowest BCUT2D eigenvalue weighted by Gasteiger charge is -2.21. The topological polar surface area (TPSA) is 46.6 Å². The number of rotatable bonds is 5. The summed E-state index contributed by atoms with van der Waals surface area (Å²) in [6.45, 7) is 0.474. The van der Waals surface area contributed by atoms with Crippen molar-refractivity contribution in [3.05, 3.63) is 84.0 Å². The maximum absolute atomic E-state index is 13.9. The number of hydrogen-bond acceptors (Lipinski definition) is 3. The highest BCUT2D eigenvalue weighted by Crippen LogP contribution is 2.16. The lowest BCUT2D eigenvalue weighted by Crippen LogP contribution is -2.30. The Bertz CT molecular complexity index is 699. The van der Waals surface area contributed by atoms with Crippen molar-refractivity contribution in [1.82, 2.24) is 4.90 Å². The summed E-state index contributed by atoms with van der Waals surface area (Å²) in [5.74, 6) is 0.287. The SMILES string of the molecule is O=C(c1ccccc1F)N(Cc1ccco1)Cc1ccco1. The average Bonchev–Trinajstić information content (AvgIpc) is 3.20. The number of halogens is 1. The van der Waals surface area contributed by atoms with E-state index in [0.29, 0.717) is 11.5 Å². The van der Waals surface area contributed by atoms with Crippen LogP contribution in [-0.4, -0.2) is 10.8 Å². The van der Waals surface area contributed by atoms with Crippen LogP contribution in [0.4, 0.5) is 4.39 Å². The normalized spacial score (nSPS) is 10.6. The first-order valence-corrected chi connectivity index (χ1v) is 6.82. The molecule has 0 radical (unpaired) electrons. The molecule has 0 aliphatic rings. The predicted molar refractivity (Wildman–Crippen MR) is 77.4 cm³/mol. The summed E-state index contributed by atoms with van der Waals surface area (Å²) in [6, 6.07) is 12.9. The molecule has 1 aromatic carbocycles. The van der Waals surface area contributed by atoms with E-state index in [-0.39, 0.29) is 18.7 Å². The Morgan fingerprint density at radius 1 is 0.909 bits per heavy atom. The van der Waals surface area contributed by atoms with Crippen molar-refractivity contribution < 1.29 is 18.0 Å². The number of amides is 1. The third-order valence-corrected chi connectivity index (χ3v) is 3.25. The summed E-state index contributed by atoms with van der Waals surface area (Å²) < 4.78 is 24.4. The Labute approximate surface area is 126 Å². The second kappa shape index (κ2) is 6.30. The lowest BCUT2D eigenvalue weighted by molar-refractivity contribution is 0.0700. The highest BCUT2D eigenvalue weighted by atomic mass is 19.1. The zero-order chi connectivity index (χ0) is 15.4. The van der Waals surface area contributed by atoms with Gasteiger partial charge in [0.1, 0.15) is 17.3 Å². The fraction of sp³-hybridized carbons (Fsp3) is 0.118.